The summed E-state index contributed by atoms with van der Waals surface area (Å²) in [7, 11) is 0. The van der Waals surface area contributed by atoms with E-state index in [0.29, 0.717) is 12.8 Å². The molecule has 0 aromatic heterocycles. The molecule has 0 bridgehead atoms. The van der Waals surface area contributed by atoms with E-state index in [1.165, 1.54) is 25.1 Å². The molecule has 0 radical (unpaired) electrons. The van der Waals surface area contributed by atoms with Crippen LogP contribution in [0.5, 0.6) is 5.75 Å². The number of para-hydroxylation sites is 1. The van der Waals surface area contributed by atoms with Crippen molar-refractivity contribution >= 4 is 17.3 Å². The van der Waals surface area contributed by atoms with E-state index in [1.54, 1.807) is 0 Å². The smallest absolute Gasteiger partial charge is 0.296 e. The third-order valence-corrected chi connectivity index (χ3v) is 2.74. The van der Waals surface area contributed by atoms with Crippen LogP contribution in [-0.4, -0.2) is 21.5 Å². The third-order valence-electron chi connectivity index (χ3n) is 2.74. The van der Waals surface area contributed by atoms with Crippen molar-refractivity contribution < 1.29 is 14.8 Å². The molecule has 0 saturated carbocycles. The predicted molar refractivity (Wildman–Crippen MR) is 70.9 cm³/mol. The molecule has 1 atom stereocenters. The molecule has 1 rings (SSSR count). The number of benzene rings is 1. The second-order valence-electron chi connectivity index (χ2n) is 4.55. The highest BCUT2D eigenvalue weighted by atomic mass is 16.6. The van der Waals surface area contributed by atoms with Crippen molar-refractivity contribution in [1.82, 2.24) is 0 Å². The quantitative estimate of drug-likeness (QED) is 0.426. The summed E-state index contributed by atoms with van der Waals surface area (Å²) in [5, 5.41) is 22.8. The first-order valence-corrected chi connectivity index (χ1v) is 5.86. The second-order valence-corrected chi connectivity index (χ2v) is 4.55. The number of carbonyl (C=O) groups is 1. The molecule has 0 fully saturated rings. The Labute approximate surface area is 110 Å². The molecule has 0 spiro atoms. The Hall–Kier alpha value is -2.15. The van der Waals surface area contributed by atoms with Crippen LogP contribution in [0.15, 0.2) is 18.2 Å². The second kappa shape index (κ2) is 5.66. The Bertz CT molecular complexity index is 500. The van der Waals surface area contributed by atoms with Crippen LogP contribution in [0.25, 0.3) is 0 Å². The lowest BCUT2D eigenvalue weighted by Gasteiger charge is -2.22. The standard InChI is InChI=1S/C12H17N3O4/c1-3-7-12(2,13)11(17)14-10-8(15(18)19)5-4-6-9(10)16/h4-6,16H,3,7,13H2,1-2H3,(H,14,17). The van der Waals surface area contributed by atoms with Crippen LogP contribution in [0, 0.1) is 10.1 Å². The summed E-state index contributed by atoms with van der Waals surface area (Å²) in [6, 6.07) is 3.79. The first-order chi connectivity index (χ1) is 8.79. The SMILES string of the molecule is CCCC(C)(N)C(=O)Nc1c(O)cccc1[N+](=O)[O-]. The highest BCUT2D eigenvalue weighted by Gasteiger charge is 2.30. The Kier molecular flexibility index (Phi) is 4.44. The topological polar surface area (TPSA) is 118 Å². The summed E-state index contributed by atoms with van der Waals surface area (Å²) >= 11 is 0. The van der Waals surface area contributed by atoms with Gasteiger partial charge in [-0.1, -0.05) is 19.4 Å². The first-order valence-electron chi connectivity index (χ1n) is 5.86. The minimum Gasteiger partial charge on any atom is -0.505 e. The number of phenolic OH excluding ortho intramolecular Hbond substituents is 1. The lowest BCUT2D eigenvalue weighted by atomic mass is 9.96. The molecule has 1 amide bonds. The van der Waals surface area contributed by atoms with Gasteiger partial charge in [0.05, 0.1) is 10.5 Å². The maximum atomic E-state index is 12.0. The van der Waals surface area contributed by atoms with Gasteiger partial charge in [-0.15, -0.1) is 0 Å². The van der Waals surface area contributed by atoms with Crippen LogP contribution in [0.3, 0.4) is 0 Å². The normalized spacial score (nSPS) is 13.6. The number of hydrogen-bond acceptors (Lipinski definition) is 5. The number of anilines is 1. The van der Waals surface area contributed by atoms with Crippen LogP contribution < -0.4 is 11.1 Å². The zero-order chi connectivity index (χ0) is 14.6. The van der Waals surface area contributed by atoms with E-state index in [-0.39, 0.29) is 17.1 Å². The van der Waals surface area contributed by atoms with Crippen molar-refractivity contribution in [3.8, 4) is 5.75 Å². The van der Waals surface area contributed by atoms with Gasteiger partial charge in [0.15, 0.2) is 5.69 Å². The van der Waals surface area contributed by atoms with Gasteiger partial charge in [0.2, 0.25) is 5.91 Å². The molecule has 104 valence electrons. The number of carbonyl (C=O) groups excluding carboxylic acids is 1. The summed E-state index contributed by atoms with van der Waals surface area (Å²) in [5.74, 6) is -0.936. The summed E-state index contributed by atoms with van der Waals surface area (Å²) in [4.78, 5) is 22.1. The van der Waals surface area contributed by atoms with Gasteiger partial charge >= 0.3 is 0 Å². The lowest BCUT2D eigenvalue weighted by molar-refractivity contribution is -0.384. The van der Waals surface area contributed by atoms with E-state index in [2.05, 4.69) is 5.32 Å². The summed E-state index contributed by atoms with van der Waals surface area (Å²) in [5.41, 5.74) is 4.08. The molecule has 0 heterocycles. The molecule has 7 nitrogen and oxygen atoms in total. The zero-order valence-corrected chi connectivity index (χ0v) is 10.8. The van der Waals surface area contributed by atoms with Gasteiger partial charge in [-0.05, 0) is 19.4 Å². The number of amides is 1. The van der Waals surface area contributed by atoms with E-state index in [0.717, 1.165) is 0 Å². The molecule has 0 aliphatic rings. The highest BCUT2D eigenvalue weighted by Crippen LogP contribution is 2.33. The Morgan fingerprint density at radius 1 is 1.58 bits per heavy atom. The van der Waals surface area contributed by atoms with Gasteiger partial charge in [0.25, 0.3) is 5.69 Å². The Balaban J connectivity index is 3.06. The van der Waals surface area contributed by atoms with Crippen molar-refractivity contribution in [3.05, 3.63) is 28.3 Å². The average Bonchev–Trinajstić information content (AvgIpc) is 2.31. The van der Waals surface area contributed by atoms with Crippen molar-refractivity contribution in [2.75, 3.05) is 5.32 Å². The summed E-state index contributed by atoms with van der Waals surface area (Å²) in [6.07, 6.45) is 1.13. The summed E-state index contributed by atoms with van der Waals surface area (Å²) < 4.78 is 0. The monoisotopic (exact) mass is 267 g/mol. The van der Waals surface area contributed by atoms with Gasteiger partial charge in [-0.2, -0.15) is 0 Å². The Morgan fingerprint density at radius 2 is 2.21 bits per heavy atom. The van der Waals surface area contributed by atoms with Crippen molar-refractivity contribution in [1.29, 1.82) is 0 Å². The average molecular weight is 267 g/mol. The largest absolute Gasteiger partial charge is 0.505 e. The molecule has 19 heavy (non-hydrogen) atoms. The van der Waals surface area contributed by atoms with Crippen LogP contribution in [0.4, 0.5) is 11.4 Å². The molecular weight excluding hydrogens is 250 g/mol. The fraction of sp³-hybridized carbons (Fsp3) is 0.417. The Morgan fingerprint density at radius 3 is 2.74 bits per heavy atom. The number of aromatic hydroxyl groups is 1. The fourth-order valence-corrected chi connectivity index (χ4v) is 1.70. The fourth-order valence-electron chi connectivity index (χ4n) is 1.70. The number of nitrogens with zero attached hydrogens (tertiary/aromatic N) is 1. The van der Waals surface area contributed by atoms with E-state index >= 15 is 0 Å². The molecule has 7 heteroatoms. The summed E-state index contributed by atoms with van der Waals surface area (Å²) in [6.45, 7) is 3.42. The lowest BCUT2D eigenvalue weighted by Crippen LogP contribution is -2.48. The van der Waals surface area contributed by atoms with Crippen LogP contribution >= 0.6 is 0 Å². The van der Waals surface area contributed by atoms with Gasteiger partial charge in [-0.3, -0.25) is 14.9 Å². The number of nitrogens with one attached hydrogen (secondary N) is 1. The van der Waals surface area contributed by atoms with Gasteiger partial charge < -0.3 is 16.2 Å². The maximum absolute atomic E-state index is 12.0. The van der Waals surface area contributed by atoms with Crippen LogP contribution in [-0.2, 0) is 4.79 Å². The number of phenols is 1. The van der Waals surface area contributed by atoms with Crippen molar-refractivity contribution in [2.24, 2.45) is 5.73 Å². The highest BCUT2D eigenvalue weighted by molar-refractivity contribution is 6.00. The van der Waals surface area contributed by atoms with Crippen molar-refractivity contribution in [3.63, 3.8) is 0 Å². The molecule has 0 aliphatic carbocycles. The van der Waals surface area contributed by atoms with Gasteiger partial charge in [0.1, 0.15) is 5.75 Å². The molecule has 1 unspecified atom stereocenters. The van der Waals surface area contributed by atoms with E-state index in [9.17, 15) is 20.0 Å². The first kappa shape index (κ1) is 14.9. The zero-order valence-electron chi connectivity index (χ0n) is 10.8. The van der Waals surface area contributed by atoms with E-state index < -0.39 is 16.4 Å². The number of nitrogens with two attached hydrogens (primary N) is 1. The molecular formula is C12H17N3O4. The van der Waals surface area contributed by atoms with Crippen LogP contribution in [0.2, 0.25) is 0 Å². The van der Waals surface area contributed by atoms with Gasteiger partial charge in [-0.25, -0.2) is 0 Å². The molecule has 0 saturated heterocycles. The number of hydrogen-bond donors (Lipinski definition) is 3. The molecule has 4 N–H and O–H groups in total. The molecule has 1 aromatic carbocycles. The minimum absolute atomic E-state index is 0.231. The number of nitro benzene ring substituents is 1. The number of rotatable bonds is 5. The van der Waals surface area contributed by atoms with Crippen molar-refractivity contribution in [2.45, 2.75) is 32.2 Å². The predicted octanol–water partition coefficient (Wildman–Crippen LogP) is 1.76. The molecule has 1 aromatic rings. The van der Waals surface area contributed by atoms with Gasteiger partial charge in [0, 0.05) is 6.07 Å². The maximum Gasteiger partial charge on any atom is 0.296 e. The minimum atomic E-state index is -1.15. The molecule has 0 aliphatic heterocycles. The van der Waals surface area contributed by atoms with E-state index in [1.807, 2.05) is 6.92 Å². The van der Waals surface area contributed by atoms with Crippen LogP contribution in [0.1, 0.15) is 26.7 Å². The van der Waals surface area contributed by atoms with E-state index in [4.69, 9.17) is 5.73 Å². The third kappa shape index (κ3) is 3.41. The number of nitro groups is 1.